The molecule has 0 amide bonds. The van der Waals surface area contributed by atoms with E-state index in [2.05, 4.69) is 60.4 Å². The molecule has 1 heterocycles. The number of carbonyl (C=O) groups is 1. The lowest BCUT2D eigenvalue weighted by atomic mass is 9.79. The lowest BCUT2D eigenvalue weighted by Crippen LogP contribution is -2.29. The third-order valence-electron chi connectivity index (χ3n) is 5.61. The highest BCUT2D eigenvalue weighted by molar-refractivity contribution is 5.97. The second-order valence-electron chi connectivity index (χ2n) is 8.00. The molecule has 1 atom stereocenters. The summed E-state index contributed by atoms with van der Waals surface area (Å²) in [5.41, 5.74) is 5.68. The van der Waals surface area contributed by atoms with E-state index in [1.165, 1.54) is 5.56 Å². The number of hydrogen-bond donors (Lipinski definition) is 0. The fraction of sp³-hybridized carbons (Fsp3) is 0.240. The number of rotatable bonds is 4. The maximum Gasteiger partial charge on any atom is 0.340 e. The number of carbonyl (C=O) groups excluding carboxylic acids is 1. The fourth-order valence-corrected chi connectivity index (χ4v) is 3.91. The number of nitrogens with zero attached hydrogens (tertiary/aromatic N) is 2. The summed E-state index contributed by atoms with van der Waals surface area (Å²) in [5, 5.41) is 0. The molecule has 0 N–H and O–H groups in total. The number of aryl methyl sites for hydroxylation is 1. The summed E-state index contributed by atoms with van der Waals surface area (Å²) in [6, 6.07) is 22.4. The van der Waals surface area contributed by atoms with E-state index in [0.29, 0.717) is 5.56 Å². The van der Waals surface area contributed by atoms with Gasteiger partial charge in [0.05, 0.1) is 5.56 Å². The molecule has 0 spiro atoms. The smallest absolute Gasteiger partial charge is 0.340 e. The third-order valence-corrected chi connectivity index (χ3v) is 5.61. The monoisotopic (exact) mass is 386 g/mol. The van der Waals surface area contributed by atoms with Crippen molar-refractivity contribution in [2.45, 2.75) is 12.5 Å². The van der Waals surface area contributed by atoms with Gasteiger partial charge in [-0.2, -0.15) is 0 Å². The minimum Gasteiger partial charge on any atom is -0.441 e. The molecule has 29 heavy (non-hydrogen) atoms. The highest BCUT2D eigenvalue weighted by Crippen LogP contribution is 2.48. The summed E-state index contributed by atoms with van der Waals surface area (Å²) in [6.45, 7) is 2.06. The second-order valence-corrected chi connectivity index (χ2v) is 8.00. The lowest BCUT2D eigenvalue weighted by molar-refractivity contribution is 0.0251. The van der Waals surface area contributed by atoms with Crippen LogP contribution in [0.25, 0.3) is 0 Å². The van der Waals surface area contributed by atoms with E-state index >= 15 is 0 Å². The second kappa shape index (κ2) is 6.96. The topological polar surface area (TPSA) is 32.8 Å². The lowest BCUT2D eigenvalue weighted by Gasteiger charge is -2.31. The molecule has 0 radical (unpaired) electrons. The summed E-state index contributed by atoms with van der Waals surface area (Å²) in [6.07, 6.45) is 0. The van der Waals surface area contributed by atoms with E-state index < -0.39 is 5.60 Å². The van der Waals surface area contributed by atoms with Crippen LogP contribution >= 0.6 is 0 Å². The standard InChI is InChI=1S/C25H26N2O2/c1-17-6-8-18(9-7-17)25(19-10-12-20(13-11-19)26(2)3)23-15-14-21(27(4)5)16-22(23)24(28)29-25/h6-16H,1-5H3. The van der Waals surface area contributed by atoms with Gasteiger partial charge in [-0.15, -0.1) is 0 Å². The van der Waals surface area contributed by atoms with Crippen molar-refractivity contribution in [3.63, 3.8) is 0 Å². The van der Waals surface area contributed by atoms with Crippen LogP contribution in [0.5, 0.6) is 0 Å². The number of benzene rings is 3. The summed E-state index contributed by atoms with van der Waals surface area (Å²) >= 11 is 0. The van der Waals surface area contributed by atoms with Crippen LogP contribution < -0.4 is 9.80 Å². The predicted octanol–water partition coefficient (Wildman–Crippen LogP) is 4.59. The Balaban J connectivity index is 1.96. The maximum absolute atomic E-state index is 13.0. The molecule has 3 aromatic rings. The SMILES string of the molecule is Cc1ccc(C2(c3ccc(N(C)C)cc3)OC(=O)c3cc(N(C)C)ccc32)cc1. The molecule has 4 nitrogen and oxygen atoms in total. The van der Waals surface area contributed by atoms with E-state index in [1.54, 1.807) is 0 Å². The number of hydrogen-bond acceptors (Lipinski definition) is 4. The van der Waals surface area contributed by atoms with Crippen molar-refractivity contribution in [2.24, 2.45) is 0 Å². The van der Waals surface area contributed by atoms with Crippen LogP contribution in [-0.4, -0.2) is 34.2 Å². The van der Waals surface area contributed by atoms with Gasteiger partial charge >= 0.3 is 5.97 Å². The van der Waals surface area contributed by atoms with Gasteiger partial charge < -0.3 is 14.5 Å². The highest BCUT2D eigenvalue weighted by atomic mass is 16.6. The van der Waals surface area contributed by atoms with E-state index in [-0.39, 0.29) is 5.97 Å². The number of ether oxygens (including phenoxy) is 1. The van der Waals surface area contributed by atoms with Gasteiger partial charge in [0.1, 0.15) is 0 Å². The van der Waals surface area contributed by atoms with Gasteiger partial charge in [-0.05, 0) is 31.2 Å². The average molecular weight is 386 g/mol. The molecule has 0 aromatic heterocycles. The van der Waals surface area contributed by atoms with Crippen LogP contribution in [0.3, 0.4) is 0 Å². The van der Waals surface area contributed by atoms with E-state index in [0.717, 1.165) is 28.1 Å². The summed E-state index contributed by atoms with van der Waals surface area (Å²) < 4.78 is 6.20. The summed E-state index contributed by atoms with van der Waals surface area (Å²) in [7, 11) is 7.96. The van der Waals surface area contributed by atoms with Crippen LogP contribution in [0.15, 0.2) is 66.7 Å². The molecule has 0 bridgehead atoms. The zero-order valence-electron chi connectivity index (χ0n) is 17.6. The van der Waals surface area contributed by atoms with Gasteiger partial charge in [-0.3, -0.25) is 0 Å². The van der Waals surface area contributed by atoms with Crippen molar-refractivity contribution in [1.82, 2.24) is 0 Å². The molecule has 148 valence electrons. The van der Waals surface area contributed by atoms with Crippen LogP contribution in [-0.2, 0) is 10.3 Å². The van der Waals surface area contributed by atoms with Crippen LogP contribution in [0.1, 0.15) is 32.6 Å². The molecule has 1 aliphatic rings. The molecule has 4 rings (SSSR count). The molecular weight excluding hydrogens is 360 g/mol. The normalized spacial score (nSPS) is 17.6. The summed E-state index contributed by atoms with van der Waals surface area (Å²) in [4.78, 5) is 17.0. The Morgan fingerprint density at radius 1 is 0.724 bits per heavy atom. The molecule has 1 aliphatic heterocycles. The maximum atomic E-state index is 13.0. The number of esters is 1. The highest BCUT2D eigenvalue weighted by Gasteiger charge is 2.48. The minimum atomic E-state index is -0.949. The van der Waals surface area contributed by atoms with Crippen molar-refractivity contribution in [1.29, 1.82) is 0 Å². The third kappa shape index (κ3) is 3.05. The molecule has 4 heteroatoms. The predicted molar refractivity (Wildman–Crippen MR) is 118 cm³/mol. The number of anilines is 2. The molecule has 1 unspecified atom stereocenters. The Labute approximate surface area is 172 Å². The van der Waals surface area contributed by atoms with E-state index in [9.17, 15) is 4.79 Å². The molecule has 0 saturated heterocycles. The fourth-order valence-electron chi connectivity index (χ4n) is 3.91. The summed E-state index contributed by atoms with van der Waals surface area (Å²) in [5.74, 6) is -0.291. The first kappa shape index (κ1) is 19.1. The molecular formula is C25H26N2O2. The first-order chi connectivity index (χ1) is 13.8. The number of fused-ring (bicyclic) bond motifs is 1. The Bertz CT molecular complexity index is 1050. The van der Waals surface area contributed by atoms with E-state index in [4.69, 9.17) is 4.74 Å². The van der Waals surface area contributed by atoms with Gasteiger partial charge in [0, 0.05) is 56.3 Å². The van der Waals surface area contributed by atoms with Gasteiger partial charge in [-0.1, -0.05) is 48.0 Å². The first-order valence-electron chi connectivity index (χ1n) is 9.73. The number of cyclic esters (lactones) is 1. The zero-order chi connectivity index (χ0) is 20.8. The molecule has 0 fully saturated rings. The Morgan fingerprint density at radius 2 is 1.24 bits per heavy atom. The average Bonchev–Trinajstić information content (AvgIpc) is 3.01. The van der Waals surface area contributed by atoms with Crippen molar-refractivity contribution < 1.29 is 9.53 Å². The Morgan fingerprint density at radius 3 is 1.79 bits per heavy atom. The van der Waals surface area contributed by atoms with Crippen molar-refractivity contribution in [2.75, 3.05) is 38.0 Å². The molecule has 0 aliphatic carbocycles. The molecule has 0 saturated carbocycles. The van der Waals surface area contributed by atoms with Crippen molar-refractivity contribution >= 4 is 17.3 Å². The quantitative estimate of drug-likeness (QED) is 0.614. The van der Waals surface area contributed by atoms with Crippen molar-refractivity contribution in [3.05, 3.63) is 94.5 Å². The largest absolute Gasteiger partial charge is 0.441 e. The van der Waals surface area contributed by atoms with Gasteiger partial charge in [0.2, 0.25) is 0 Å². The zero-order valence-corrected chi connectivity index (χ0v) is 17.6. The van der Waals surface area contributed by atoms with Crippen molar-refractivity contribution in [3.8, 4) is 0 Å². The van der Waals surface area contributed by atoms with Crippen LogP contribution in [0, 0.1) is 6.92 Å². The van der Waals surface area contributed by atoms with Gasteiger partial charge in [-0.25, -0.2) is 4.79 Å². The van der Waals surface area contributed by atoms with E-state index in [1.807, 2.05) is 51.3 Å². The Hall–Kier alpha value is -3.27. The van der Waals surface area contributed by atoms with Gasteiger partial charge in [0.15, 0.2) is 5.60 Å². The molecule has 3 aromatic carbocycles. The minimum absolute atomic E-state index is 0.291. The van der Waals surface area contributed by atoms with Crippen LogP contribution in [0.2, 0.25) is 0 Å². The first-order valence-corrected chi connectivity index (χ1v) is 9.73. The van der Waals surface area contributed by atoms with Gasteiger partial charge in [0.25, 0.3) is 0 Å². The Kier molecular flexibility index (Phi) is 4.58. The van der Waals surface area contributed by atoms with Crippen LogP contribution in [0.4, 0.5) is 11.4 Å².